The maximum atomic E-state index is 12.1. The lowest BCUT2D eigenvalue weighted by Gasteiger charge is -2.08. The molecule has 25 heavy (non-hydrogen) atoms. The third-order valence-electron chi connectivity index (χ3n) is 3.17. The highest BCUT2D eigenvalue weighted by Crippen LogP contribution is 2.22. The quantitative estimate of drug-likeness (QED) is 0.515. The SMILES string of the molecule is COC(=O)c1ccccc1NC(=O)CSc1nnc(-c2ccc[nH]2)o1. The van der Waals surface area contributed by atoms with Gasteiger partial charge in [0.15, 0.2) is 0 Å². The zero-order chi connectivity index (χ0) is 17.6. The summed E-state index contributed by atoms with van der Waals surface area (Å²) in [6.45, 7) is 0. The molecule has 3 rings (SSSR count). The Hall–Kier alpha value is -3.07. The molecule has 0 saturated carbocycles. The average Bonchev–Trinajstić information content (AvgIpc) is 3.31. The largest absolute Gasteiger partial charge is 0.465 e. The molecule has 0 saturated heterocycles. The van der Waals surface area contributed by atoms with E-state index < -0.39 is 5.97 Å². The van der Waals surface area contributed by atoms with Crippen molar-refractivity contribution >= 4 is 29.3 Å². The van der Waals surface area contributed by atoms with E-state index in [0.29, 0.717) is 17.3 Å². The Morgan fingerprint density at radius 3 is 2.84 bits per heavy atom. The number of ether oxygens (including phenoxy) is 1. The first-order chi connectivity index (χ1) is 12.2. The molecule has 2 aromatic heterocycles. The van der Waals surface area contributed by atoms with Crippen LogP contribution in [0.4, 0.5) is 5.69 Å². The molecular formula is C16H14N4O4S. The molecule has 0 aliphatic rings. The minimum absolute atomic E-state index is 0.0574. The molecule has 1 aromatic carbocycles. The second kappa shape index (κ2) is 7.67. The fourth-order valence-electron chi connectivity index (χ4n) is 2.03. The molecular weight excluding hydrogens is 344 g/mol. The highest BCUT2D eigenvalue weighted by Gasteiger charge is 2.15. The zero-order valence-corrected chi connectivity index (χ0v) is 14.0. The number of carbonyl (C=O) groups excluding carboxylic acids is 2. The predicted molar refractivity (Wildman–Crippen MR) is 91.2 cm³/mol. The molecule has 0 fully saturated rings. The van der Waals surface area contributed by atoms with E-state index in [4.69, 9.17) is 9.15 Å². The number of carbonyl (C=O) groups is 2. The number of H-pyrrole nitrogens is 1. The summed E-state index contributed by atoms with van der Waals surface area (Å²) in [5, 5.41) is 10.7. The molecule has 2 N–H and O–H groups in total. The van der Waals surface area contributed by atoms with Gasteiger partial charge in [0.05, 0.1) is 24.1 Å². The summed E-state index contributed by atoms with van der Waals surface area (Å²) in [4.78, 5) is 26.8. The van der Waals surface area contributed by atoms with Gasteiger partial charge in [-0.05, 0) is 24.3 Å². The van der Waals surface area contributed by atoms with Gasteiger partial charge in [-0.3, -0.25) is 4.79 Å². The Labute approximate surface area is 147 Å². The van der Waals surface area contributed by atoms with Crippen molar-refractivity contribution in [1.29, 1.82) is 0 Å². The standard InChI is InChI=1S/C16H14N4O4S/c1-23-15(22)10-5-2-3-6-11(10)18-13(21)9-25-16-20-19-14(24-16)12-7-4-8-17-12/h2-8,17H,9H2,1H3,(H,18,21). The number of aromatic amines is 1. The Bertz CT molecular complexity index is 876. The van der Waals surface area contributed by atoms with Crippen molar-refractivity contribution in [3.8, 4) is 11.6 Å². The Morgan fingerprint density at radius 1 is 1.24 bits per heavy atom. The number of amides is 1. The van der Waals surface area contributed by atoms with Crippen LogP contribution in [0.1, 0.15) is 10.4 Å². The number of thioether (sulfide) groups is 1. The van der Waals surface area contributed by atoms with Gasteiger partial charge in [-0.15, -0.1) is 10.2 Å². The second-order valence-electron chi connectivity index (χ2n) is 4.83. The van der Waals surface area contributed by atoms with Crippen molar-refractivity contribution in [3.05, 3.63) is 48.2 Å². The third kappa shape index (κ3) is 4.07. The van der Waals surface area contributed by atoms with E-state index in [-0.39, 0.29) is 22.4 Å². The third-order valence-corrected chi connectivity index (χ3v) is 3.99. The first-order valence-corrected chi connectivity index (χ1v) is 8.23. The van der Waals surface area contributed by atoms with E-state index in [1.54, 1.807) is 36.5 Å². The van der Waals surface area contributed by atoms with Gasteiger partial charge in [0.25, 0.3) is 11.1 Å². The highest BCUT2D eigenvalue weighted by molar-refractivity contribution is 7.99. The molecule has 1 amide bonds. The summed E-state index contributed by atoms with van der Waals surface area (Å²) in [5.74, 6) is -0.414. The van der Waals surface area contributed by atoms with Crippen LogP contribution < -0.4 is 5.32 Å². The minimum atomic E-state index is -0.518. The molecule has 0 unspecified atom stereocenters. The number of para-hydroxylation sites is 1. The van der Waals surface area contributed by atoms with Gasteiger partial charge in [0, 0.05) is 6.20 Å². The highest BCUT2D eigenvalue weighted by atomic mass is 32.2. The van der Waals surface area contributed by atoms with Gasteiger partial charge in [-0.1, -0.05) is 23.9 Å². The van der Waals surface area contributed by atoms with E-state index in [9.17, 15) is 9.59 Å². The van der Waals surface area contributed by atoms with Crippen LogP contribution in [-0.2, 0) is 9.53 Å². The summed E-state index contributed by atoms with van der Waals surface area (Å²) < 4.78 is 10.2. The number of hydrogen-bond donors (Lipinski definition) is 2. The number of esters is 1. The number of nitrogens with zero attached hydrogens (tertiary/aromatic N) is 2. The zero-order valence-electron chi connectivity index (χ0n) is 13.2. The number of hydrogen-bond acceptors (Lipinski definition) is 7. The van der Waals surface area contributed by atoms with Gasteiger partial charge < -0.3 is 19.5 Å². The van der Waals surface area contributed by atoms with Crippen LogP contribution >= 0.6 is 11.8 Å². The van der Waals surface area contributed by atoms with Crippen LogP contribution in [0.2, 0.25) is 0 Å². The fraction of sp³-hybridized carbons (Fsp3) is 0.125. The molecule has 0 spiro atoms. The molecule has 0 bridgehead atoms. The minimum Gasteiger partial charge on any atom is -0.465 e. The number of rotatable bonds is 6. The van der Waals surface area contributed by atoms with Gasteiger partial charge in [0.2, 0.25) is 5.91 Å². The van der Waals surface area contributed by atoms with Crippen LogP contribution in [0, 0.1) is 0 Å². The van der Waals surface area contributed by atoms with E-state index >= 15 is 0 Å². The van der Waals surface area contributed by atoms with Crippen molar-refractivity contribution in [3.63, 3.8) is 0 Å². The molecule has 8 nitrogen and oxygen atoms in total. The molecule has 128 valence electrons. The maximum Gasteiger partial charge on any atom is 0.339 e. The summed E-state index contributed by atoms with van der Waals surface area (Å²) in [7, 11) is 1.29. The first kappa shape index (κ1) is 16.8. The number of methoxy groups -OCH3 is 1. The summed E-state index contributed by atoms with van der Waals surface area (Å²) in [6, 6.07) is 10.2. The van der Waals surface area contributed by atoms with Gasteiger partial charge >= 0.3 is 5.97 Å². The van der Waals surface area contributed by atoms with Gasteiger partial charge in [0.1, 0.15) is 5.69 Å². The van der Waals surface area contributed by atoms with Crippen molar-refractivity contribution in [1.82, 2.24) is 15.2 Å². The molecule has 0 radical (unpaired) electrons. The number of benzene rings is 1. The Morgan fingerprint density at radius 2 is 2.08 bits per heavy atom. The molecule has 9 heteroatoms. The van der Waals surface area contributed by atoms with Crippen molar-refractivity contribution in [2.75, 3.05) is 18.2 Å². The van der Waals surface area contributed by atoms with Gasteiger partial charge in [-0.2, -0.15) is 0 Å². The lowest BCUT2D eigenvalue weighted by Crippen LogP contribution is -2.17. The second-order valence-corrected chi connectivity index (χ2v) is 5.76. The average molecular weight is 358 g/mol. The van der Waals surface area contributed by atoms with Crippen molar-refractivity contribution in [2.24, 2.45) is 0 Å². The van der Waals surface area contributed by atoms with Crippen LogP contribution in [0.25, 0.3) is 11.6 Å². The van der Waals surface area contributed by atoms with E-state index in [2.05, 4.69) is 20.5 Å². The lowest BCUT2D eigenvalue weighted by molar-refractivity contribution is -0.113. The topological polar surface area (TPSA) is 110 Å². The van der Waals surface area contributed by atoms with Crippen molar-refractivity contribution < 1.29 is 18.7 Å². The van der Waals surface area contributed by atoms with Crippen LogP contribution in [0.15, 0.2) is 52.2 Å². The molecule has 0 aliphatic carbocycles. The first-order valence-electron chi connectivity index (χ1n) is 7.24. The van der Waals surface area contributed by atoms with Crippen LogP contribution in [0.3, 0.4) is 0 Å². The summed E-state index contributed by atoms with van der Waals surface area (Å²) >= 11 is 1.10. The normalized spacial score (nSPS) is 10.4. The smallest absolute Gasteiger partial charge is 0.339 e. The van der Waals surface area contributed by atoms with E-state index in [1.165, 1.54) is 7.11 Å². The van der Waals surface area contributed by atoms with E-state index in [1.807, 2.05) is 6.07 Å². The van der Waals surface area contributed by atoms with Crippen LogP contribution in [-0.4, -0.2) is 39.9 Å². The fourth-order valence-corrected chi connectivity index (χ4v) is 2.60. The maximum absolute atomic E-state index is 12.1. The number of nitrogens with one attached hydrogen (secondary N) is 2. The lowest BCUT2D eigenvalue weighted by atomic mass is 10.2. The van der Waals surface area contributed by atoms with Crippen LogP contribution in [0.5, 0.6) is 0 Å². The summed E-state index contributed by atoms with van der Waals surface area (Å²) in [6.07, 6.45) is 1.75. The van der Waals surface area contributed by atoms with Crippen molar-refractivity contribution in [2.45, 2.75) is 5.22 Å². The molecule has 0 aliphatic heterocycles. The summed E-state index contributed by atoms with van der Waals surface area (Å²) in [5.41, 5.74) is 1.38. The number of aromatic nitrogens is 3. The molecule has 2 heterocycles. The predicted octanol–water partition coefficient (Wildman–Crippen LogP) is 2.58. The molecule has 0 atom stereocenters. The Balaban J connectivity index is 1.60. The Kier molecular flexibility index (Phi) is 5.14. The number of anilines is 1. The van der Waals surface area contributed by atoms with Gasteiger partial charge in [-0.25, -0.2) is 4.79 Å². The van der Waals surface area contributed by atoms with E-state index in [0.717, 1.165) is 11.8 Å². The molecule has 3 aromatic rings. The monoisotopic (exact) mass is 358 g/mol.